The average molecular weight is 267 g/mol. The van der Waals surface area contributed by atoms with Crippen molar-refractivity contribution >= 4 is 0 Å². The second-order valence-electron chi connectivity index (χ2n) is 5.79. The van der Waals surface area contributed by atoms with Gasteiger partial charge in [-0.3, -0.25) is 0 Å². The zero-order valence-corrected chi connectivity index (χ0v) is 13.0. The van der Waals surface area contributed by atoms with Gasteiger partial charge < -0.3 is 5.32 Å². The summed E-state index contributed by atoms with van der Waals surface area (Å²) in [5, 5.41) is 3.33. The van der Waals surface area contributed by atoms with E-state index in [1.165, 1.54) is 27.8 Å². The summed E-state index contributed by atoms with van der Waals surface area (Å²) >= 11 is 0. The Morgan fingerprint density at radius 2 is 1.60 bits per heavy atom. The third-order valence-corrected chi connectivity index (χ3v) is 4.05. The maximum Gasteiger partial charge on any atom is 0.00203 e. The van der Waals surface area contributed by atoms with Crippen LogP contribution in [0.5, 0.6) is 0 Å². The summed E-state index contributed by atoms with van der Waals surface area (Å²) in [5.74, 6) is 0.530. The fourth-order valence-corrected chi connectivity index (χ4v) is 2.61. The number of hydrogen-bond acceptors (Lipinski definition) is 1. The van der Waals surface area contributed by atoms with Crippen LogP contribution in [0, 0.1) is 20.8 Å². The van der Waals surface area contributed by atoms with Crippen LogP contribution in [0.4, 0.5) is 0 Å². The van der Waals surface area contributed by atoms with Gasteiger partial charge in [0.15, 0.2) is 0 Å². The molecular weight excluding hydrogens is 242 g/mol. The summed E-state index contributed by atoms with van der Waals surface area (Å²) in [6.07, 6.45) is 1.09. The molecule has 0 aliphatic heterocycles. The van der Waals surface area contributed by atoms with E-state index in [4.69, 9.17) is 0 Å². The Labute approximate surface area is 123 Å². The fourth-order valence-electron chi connectivity index (χ4n) is 2.61. The molecule has 2 rings (SSSR count). The van der Waals surface area contributed by atoms with E-state index in [9.17, 15) is 0 Å². The molecule has 0 amide bonds. The minimum absolute atomic E-state index is 0.530. The molecule has 106 valence electrons. The van der Waals surface area contributed by atoms with Gasteiger partial charge in [-0.05, 0) is 56.5 Å². The molecule has 0 spiro atoms. The Morgan fingerprint density at radius 3 is 2.20 bits per heavy atom. The van der Waals surface area contributed by atoms with Gasteiger partial charge in [-0.25, -0.2) is 0 Å². The van der Waals surface area contributed by atoms with Crippen LogP contribution in [-0.2, 0) is 6.42 Å². The molecular formula is C19H25N. The largest absolute Gasteiger partial charge is 0.319 e. The first kappa shape index (κ1) is 14.8. The molecule has 2 aromatic carbocycles. The van der Waals surface area contributed by atoms with Crippen LogP contribution in [0.1, 0.15) is 33.7 Å². The van der Waals surface area contributed by atoms with Crippen LogP contribution in [-0.4, -0.2) is 13.6 Å². The van der Waals surface area contributed by atoms with Crippen molar-refractivity contribution in [3.05, 3.63) is 70.3 Å². The minimum Gasteiger partial charge on any atom is -0.319 e. The Balaban J connectivity index is 2.20. The summed E-state index contributed by atoms with van der Waals surface area (Å²) in [5.41, 5.74) is 6.92. The predicted molar refractivity (Wildman–Crippen MR) is 87.5 cm³/mol. The number of nitrogens with one attached hydrogen (secondary N) is 1. The molecule has 1 unspecified atom stereocenters. The first-order valence-corrected chi connectivity index (χ1v) is 7.37. The van der Waals surface area contributed by atoms with Crippen LogP contribution < -0.4 is 5.32 Å². The van der Waals surface area contributed by atoms with Gasteiger partial charge in [0.05, 0.1) is 0 Å². The summed E-state index contributed by atoms with van der Waals surface area (Å²) in [6, 6.07) is 15.8. The van der Waals surface area contributed by atoms with Crippen molar-refractivity contribution in [1.29, 1.82) is 0 Å². The molecule has 0 fully saturated rings. The molecule has 0 radical (unpaired) electrons. The number of hydrogen-bond donors (Lipinski definition) is 1. The van der Waals surface area contributed by atoms with E-state index in [0.717, 1.165) is 13.0 Å². The van der Waals surface area contributed by atoms with Gasteiger partial charge in [-0.2, -0.15) is 0 Å². The van der Waals surface area contributed by atoms with Gasteiger partial charge in [0.2, 0.25) is 0 Å². The highest BCUT2D eigenvalue weighted by Crippen LogP contribution is 2.22. The van der Waals surface area contributed by atoms with E-state index in [2.05, 4.69) is 68.6 Å². The fraction of sp³-hybridized carbons (Fsp3) is 0.368. The molecule has 1 nitrogen and oxygen atoms in total. The van der Waals surface area contributed by atoms with Crippen molar-refractivity contribution < 1.29 is 0 Å². The minimum atomic E-state index is 0.530. The Morgan fingerprint density at radius 1 is 0.900 bits per heavy atom. The lowest BCUT2D eigenvalue weighted by Gasteiger charge is -2.18. The smallest absolute Gasteiger partial charge is 0.00203 e. The molecule has 0 aliphatic rings. The van der Waals surface area contributed by atoms with Gasteiger partial charge in [0.1, 0.15) is 0 Å². The second kappa shape index (κ2) is 6.71. The molecule has 0 bridgehead atoms. The van der Waals surface area contributed by atoms with E-state index in [1.54, 1.807) is 0 Å². The van der Waals surface area contributed by atoms with Crippen molar-refractivity contribution in [2.24, 2.45) is 0 Å². The number of rotatable bonds is 5. The molecule has 1 heteroatoms. The van der Waals surface area contributed by atoms with Crippen LogP contribution in [0.3, 0.4) is 0 Å². The lowest BCUT2D eigenvalue weighted by molar-refractivity contribution is 0.625. The zero-order valence-electron chi connectivity index (χ0n) is 13.0. The molecule has 1 N–H and O–H groups in total. The van der Waals surface area contributed by atoms with E-state index in [-0.39, 0.29) is 0 Å². The van der Waals surface area contributed by atoms with E-state index in [0.29, 0.717) is 5.92 Å². The summed E-state index contributed by atoms with van der Waals surface area (Å²) in [6.45, 7) is 7.51. The Kier molecular flexibility index (Phi) is 4.97. The van der Waals surface area contributed by atoms with Crippen molar-refractivity contribution in [2.45, 2.75) is 33.1 Å². The van der Waals surface area contributed by atoms with Crippen molar-refractivity contribution in [2.75, 3.05) is 13.6 Å². The average Bonchev–Trinajstić information content (AvgIpc) is 2.43. The van der Waals surface area contributed by atoms with Crippen LogP contribution in [0.25, 0.3) is 0 Å². The molecule has 2 aromatic rings. The zero-order chi connectivity index (χ0) is 14.5. The Bertz CT molecular complexity index is 554. The lowest BCUT2D eigenvalue weighted by atomic mass is 9.90. The highest BCUT2D eigenvalue weighted by Gasteiger charge is 2.12. The maximum atomic E-state index is 3.33. The van der Waals surface area contributed by atoms with Crippen molar-refractivity contribution in [1.82, 2.24) is 5.32 Å². The topological polar surface area (TPSA) is 12.0 Å². The number of likely N-dealkylation sites (N-methyl/N-ethyl adjacent to an activating group) is 1. The van der Waals surface area contributed by atoms with E-state index >= 15 is 0 Å². The summed E-state index contributed by atoms with van der Waals surface area (Å²) in [7, 11) is 2.03. The molecule has 1 atom stereocenters. The molecule has 0 saturated carbocycles. The highest BCUT2D eigenvalue weighted by atomic mass is 14.8. The lowest BCUT2D eigenvalue weighted by Crippen LogP contribution is -2.19. The van der Waals surface area contributed by atoms with Gasteiger partial charge in [-0.1, -0.05) is 48.0 Å². The number of benzene rings is 2. The van der Waals surface area contributed by atoms with Gasteiger partial charge in [0.25, 0.3) is 0 Å². The van der Waals surface area contributed by atoms with Crippen molar-refractivity contribution in [3.8, 4) is 0 Å². The highest BCUT2D eigenvalue weighted by molar-refractivity contribution is 5.32. The molecule has 20 heavy (non-hydrogen) atoms. The van der Waals surface area contributed by atoms with Crippen LogP contribution in [0.2, 0.25) is 0 Å². The quantitative estimate of drug-likeness (QED) is 0.858. The second-order valence-corrected chi connectivity index (χ2v) is 5.79. The molecule has 0 aromatic heterocycles. The predicted octanol–water partition coefficient (Wildman–Crippen LogP) is 4.16. The standard InChI is InChI=1S/C19H25N/c1-14-5-9-18(10-6-14)19(13-20-4)12-17-8-7-15(2)16(3)11-17/h5-11,19-20H,12-13H2,1-4H3. The SMILES string of the molecule is CNCC(Cc1ccc(C)c(C)c1)c1ccc(C)cc1. The monoisotopic (exact) mass is 267 g/mol. The van der Waals surface area contributed by atoms with Gasteiger partial charge >= 0.3 is 0 Å². The van der Waals surface area contributed by atoms with E-state index in [1.807, 2.05) is 7.05 Å². The van der Waals surface area contributed by atoms with Crippen LogP contribution >= 0.6 is 0 Å². The van der Waals surface area contributed by atoms with Gasteiger partial charge in [-0.15, -0.1) is 0 Å². The first-order valence-electron chi connectivity index (χ1n) is 7.37. The third kappa shape index (κ3) is 3.71. The van der Waals surface area contributed by atoms with Crippen molar-refractivity contribution in [3.63, 3.8) is 0 Å². The van der Waals surface area contributed by atoms with E-state index < -0.39 is 0 Å². The summed E-state index contributed by atoms with van der Waals surface area (Å²) in [4.78, 5) is 0. The Hall–Kier alpha value is -1.60. The maximum absolute atomic E-state index is 3.33. The molecule has 0 saturated heterocycles. The van der Waals surface area contributed by atoms with Gasteiger partial charge in [0, 0.05) is 12.5 Å². The molecule has 0 aliphatic carbocycles. The third-order valence-electron chi connectivity index (χ3n) is 4.05. The number of aryl methyl sites for hydroxylation is 3. The summed E-state index contributed by atoms with van der Waals surface area (Å²) < 4.78 is 0. The first-order chi connectivity index (χ1) is 9.60. The van der Waals surface area contributed by atoms with Crippen LogP contribution in [0.15, 0.2) is 42.5 Å². The normalized spacial score (nSPS) is 12.4. The molecule has 0 heterocycles.